The topological polar surface area (TPSA) is 88.3 Å². The lowest BCUT2D eigenvalue weighted by atomic mass is 10.2. The third-order valence-electron chi connectivity index (χ3n) is 1.75. The Bertz CT molecular complexity index is 326. The zero-order valence-electron chi connectivity index (χ0n) is 7.80. The fraction of sp³-hybridized carbons (Fsp3) is 0.571. The van der Waals surface area contributed by atoms with Crippen LogP contribution in [-0.2, 0) is 0 Å². The van der Waals surface area contributed by atoms with Crippen LogP contribution in [0.15, 0.2) is 6.20 Å². The van der Waals surface area contributed by atoms with Gasteiger partial charge in [0.15, 0.2) is 5.13 Å². The molecule has 78 valence electrons. The highest BCUT2D eigenvalue weighted by molar-refractivity contribution is 7.18. The Hall–Kier alpha value is -1.21. The fourth-order valence-electron chi connectivity index (χ4n) is 0.732. The molecule has 2 unspecified atom stereocenters. The number of aliphatic hydroxyl groups is 1. The molecule has 0 amide bonds. The summed E-state index contributed by atoms with van der Waals surface area (Å²) >= 11 is 0.954. The van der Waals surface area contributed by atoms with Crippen molar-refractivity contribution in [1.29, 1.82) is 0 Å². The van der Waals surface area contributed by atoms with Crippen LogP contribution in [-0.4, -0.2) is 27.2 Å². The molecule has 0 bridgehead atoms. The summed E-state index contributed by atoms with van der Waals surface area (Å²) in [6.45, 7) is 3.41. The van der Waals surface area contributed by atoms with E-state index in [0.29, 0.717) is 5.13 Å². The first kappa shape index (κ1) is 10.9. The normalized spacial score (nSPS) is 14.8. The van der Waals surface area contributed by atoms with Crippen LogP contribution in [0.3, 0.4) is 0 Å². The summed E-state index contributed by atoms with van der Waals surface area (Å²) in [7, 11) is 0. The second-order valence-electron chi connectivity index (χ2n) is 2.93. The van der Waals surface area contributed by atoms with Crippen LogP contribution in [0, 0.1) is 10.1 Å². The fourth-order valence-corrected chi connectivity index (χ4v) is 1.46. The first-order valence-corrected chi connectivity index (χ1v) is 4.87. The van der Waals surface area contributed by atoms with Gasteiger partial charge in [-0.3, -0.25) is 10.1 Å². The van der Waals surface area contributed by atoms with E-state index in [9.17, 15) is 15.2 Å². The highest BCUT2D eigenvalue weighted by Gasteiger charge is 2.14. The van der Waals surface area contributed by atoms with Crippen molar-refractivity contribution in [3.63, 3.8) is 0 Å². The predicted molar refractivity (Wildman–Crippen MR) is 53.5 cm³/mol. The number of hydrogen-bond acceptors (Lipinski definition) is 6. The molecule has 6 nitrogen and oxygen atoms in total. The molecule has 0 radical (unpaired) electrons. The van der Waals surface area contributed by atoms with Gasteiger partial charge in [-0.25, -0.2) is 4.98 Å². The van der Waals surface area contributed by atoms with Gasteiger partial charge in [0.05, 0.1) is 17.1 Å². The van der Waals surface area contributed by atoms with Crippen LogP contribution in [0.2, 0.25) is 0 Å². The van der Waals surface area contributed by atoms with Gasteiger partial charge in [-0.1, -0.05) is 0 Å². The predicted octanol–water partition coefficient (Wildman–Crippen LogP) is 1.23. The minimum absolute atomic E-state index is 0.00899. The number of aromatic nitrogens is 1. The Morgan fingerprint density at radius 2 is 2.36 bits per heavy atom. The molecule has 0 aromatic carbocycles. The van der Waals surface area contributed by atoms with Crippen LogP contribution in [0.25, 0.3) is 0 Å². The third-order valence-corrected chi connectivity index (χ3v) is 2.63. The van der Waals surface area contributed by atoms with E-state index < -0.39 is 11.0 Å². The van der Waals surface area contributed by atoms with Gasteiger partial charge in [0, 0.05) is 0 Å². The van der Waals surface area contributed by atoms with Crippen molar-refractivity contribution >= 4 is 21.5 Å². The lowest BCUT2D eigenvalue weighted by Crippen LogP contribution is -2.27. The highest BCUT2D eigenvalue weighted by atomic mass is 32.1. The maximum absolute atomic E-state index is 10.3. The minimum atomic E-state index is -0.530. The van der Waals surface area contributed by atoms with E-state index in [1.807, 2.05) is 0 Å². The number of rotatable bonds is 4. The third kappa shape index (κ3) is 2.64. The van der Waals surface area contributed by atoms with E-state index in [1.54, 1.807) is 13.8 Å². The van der Waals surface area contributed by atoms with E-state index in [2.05, 4.69) is 10.3 Å². The molecule has 1 rings (SSSR count). The van der Waals surface area contributed by atoms with Crippen LogP contribution in [0.4, 0.5) is 10.1 Å². The largest absolute Gasteiger partial charge is 0.391 e. The van der Waals surface area contributed by atoms with Crippen molar-refractivity contribution in [2.75, 3.05) is 5.32 Å². The molecule has 0 aliphatic heterocycles. The quantitative estimate of drug-likeness (QED) is 0.585. The van der Waals surface area contributed by atoms with Gasteiger partial charge in [0.25, 0.3) is 0 Å². The lowest BCUT2D eigenvalue weighted by Gasteiger charge is -2.14. The molecular weight excluding hydrogens is 206 g/mol. The molecule has 0 saturated carbocycles. The number of nitro groups is 1. The summed E-state index contributed by atoms with van der Waals surface area (Å²) in [6.07, 6.45) is 0.667. The van der Waals surface area contributed by atoms with Gasteiger partial charge in [-0.05, 0) is 25.2 Å². The number of thiazole rings is 1. The van der Waals surface area contributed by atoms with Crippen molar-refractivity contribution in [3.8, 4) is 0 Å². The monoisotopic (exact) mass is 217 g/mol. The Morgan fingerprint density at radius 3 is 2.79 bits per heavy atom. The van der Waals surface area contributed by atoms with Gasteiger partial charge in [-0.15, -0.1) is 0 Å². The SMILES string of the molecule is CC(O)C(C)Nc1ncc([N+](=O)[O-])s1. The summed E-state index contributed by atoms with van der Waals surface area (Å²) in [4.78, 5) is 13.7. The zero-order valence-corrected chi connectivity index (χ0v) is 8.61. The molecular formula is C7H11N3O3S. The number of hydrogen-bond donors (Lipinski definition) is 2. The average molecular weight is 217 g/mol. The summed E-state index contributed by atoms with van der Waals surface area (Å²) in [5, 5.41) is 22.8. The van der Waals surface area contributed by atoms with Crippen molar-refractivity contribution in [2.45, 2.75) is 26.0 Å². The Morgan fingerprint density at radius 1 is 1.71 bits per heavy atom. The number of nitrogens with zero attached hydrogens (tertiary/aromatic N) is 2. The Balaban J connectivity index is 2.64. The van der Waals surface area contributed by atoms with E-state index in [1.165, 1.54) is 6.20 Å². The van der Waals surface area contributed by atoms with Gasteiger partial charge >= 0.3 is 5.00 Å². The molecule has 7 heteroatoms. The standard InChI is InChI=1S/C7H11N3O3S/c1-4(5(2)11)9-7-8-3-6(14-7)10(12)13/h3-5,11H,1-2H3,(H,8,9). The van der Waals surface area contributed by atoms with Crippen molar-refractivity contribution in [3.05, 3.63) is 16.3 Å². The molecule has 2 atom stereocenters. The van der Waals surface area contributed by atoms with Gasteiger partial charge in [-0.2, -0.15) is 0 Å². The maximum atomic E-state index is 10.3. The second kappa shape index (κ2) is 4.34. The summed E-state index contributed by atoms with van der Waals surface area (Å²) in [5.74, 6) is 0. The molecule has 1 aromatic heterocycles. The first-order chi connectivity index (χ1) is 6.50. The highest BCUT2D eigenvalue weighted by Crippen LogP contribution is 2.25. The molecule has 14 heavy (non-hydrogen) atoms. The van der Waals surface area contributed by atoms with Crippen molar-refractivity contribution in [1.82, 2.24) is 4.98 Å². The van der Waals surface area contributed by atoms with Crippen LogP contribution in [0.5, 0.6) is 0 Å². The van der Waals surface area contributed by atoms with Gasteiger partial charge in [0.1, 0.15) is 6.20 Å². The second-order valence-corrected chi connectivity index (χ2v) is 3.94. The molecule has 1 aromatic rings. The molecule has 0 aliphatic rings. The maximum Gasteiger partial charge on any atom is 0.345 e. The molecule has 0 aliphatic carbocycles. The van der Waals surface area contributed by atoms with E-state index in [-0.39, 0.29) is 11.0 Å². The minimum Gasteiger partial charge on any atom is -0.391 e. The molecule has 0 saturated heterocycles. The van der Waals surface area contributed by atoms with Crippen LogP contribution in [0.1, 0.15) is 13.8 Å². The van der Waals surface area contributed by atoms with E-state index >= 15 is 0 Å². The summed E-state index contributed by atoms with van der Waals surface area (Å²) < 4.78 is 0. The number of nitrogens with one attached hydrogen (secondary N) is 1. The van der Waals surface area contributed by atoms with Gasteiger partial charge in [0.2, 0.25) is 0 Å². The Labute approximate surface area is 84.7 Å². The van der Waals surface area contributed by atoms with Crippen molar-refractivity contribution < 1.29 is 10.0 Å². The summed E-state index contributed by atoms with van der Waals surface area (Å²) in [6, 6.07) is -0.180. The first-order valence-electron chi connectivity index (χ1n) is 4.05. The smallest absolute Gasteiger partial charge is 0.345 e. The molecule has 0 fully saturated rings. The average Bonchev–Trinajstić information content (AvgIpc) is 2.52. The van der Waals surface area contributed by atoms with E-state index in [4.69, 9.17) is 0 Å². The number of anilines is 1. The molecule has 0 spiro atoms. The van der Waals surface area contributed by atoms with Crippen molar-refractivity contribution in [2.24, 2.45) is 0 Å². The van der Waals surface area contributed by atoms with Gasteiger partial charge < -0.3 is 10.4 Å². The van der Waals surface area contributed by atoms with Crippen LogP contribution >= 0.6 is 11.3 Å². The van der Waals surface area contributed by atoms with E-state index in [0.717, 1.165) is 11.3 Å². The number of aliphatic hydroxyl groups excluding tert-OH is 1. The lowest BCUT2D eigenvalue weighted by molar-refractivity contribution is -0.380. The van der Waals surface area contributed by atoms with Crippen LogP contribution < -0.4 is 5.32 Å². The molecule has 1 heterocycles. The molecule has 2 N–H and O–H groups in total. The Kier molecular flexibility index (Phi) is 3.37. The summed E-state index contributed by atoms with van der Waals surface area (Å²) in [5.41, 5.74) is 0. The zero-order chi connectivity index (χ0) is 10.7.